The number of halogens is 1. The maximum absolute atomic E-state index is 12.9. The first kappa shape index (κ1) is 26.2. The van der Waals surface area contributed by atoms with Crippen LogP contribution < -0.4 is 10.1 Å². The van der Waals surface area contributed by atoms with Crippen LogP contribution in [0, 0.1) is 0 Å². The highest BCUT2D eigenvalue weighted by atomic mass is 35.5. The van der Waals surface area contributed by atoms with Crippen LogP contribution in [-0.4, -0.2) is 45.9 Å². The van der Waals surface area contributed by atoms with Gasteiger partial charge in [0.25, 0.3) is 5.91 Å². The van der Waals surface area contributed by atoms with Gasteiger partial charge in [0.05, 0.1) is 23.4 Å². The molecule has 192 valence electrons. The highest BCUT2D eigenvalue weighted by molar-refractivity contribution is 6.32. The van der Waals surface area contributed by atoms with Gasteiger partial charge in [-0.15, -0.1) is 0 Å². The molecule has 0 bridgehead atoms. The molecule has 7 nitrogen and oxygen atoms in total. The molecule has 1 aliphatic heterocycles. The van der Waals surface area contributed by atoms with E-state index in [1.807, 2.05) is 58.2 Å². The smallest absolute Gasteiger partial charge is 0.251 e. The number of hydrogen-bond donors (Lipinski definition) is 2. The quantitative estimate of drug-likeness (QED) is 0.423. The highest BCUT2D eigenvalue weighted by Gasteiger charge is 2.29. The van der Waals surface area contributed by atoms with Crippen LogP contribution in [0.1, 0.15) is 55.9 Å². The van der Waals surface area contributed by atoms with Crippen molar-refractivity contribution in [3.8, 4) is 17.0 Å². The van der Waals surface area contributed by atoms with Crippen molar-refractivity contribution in [1.29, 1.82) is 0 Å². The first-order chi connectivity index (χ1) is 17.2. The fourth-order valence-electron chi connectivity index (χ4n) is 4.40. The van der Waals surface area contributed by atoms with Crippen LogP contribution in [0.25, 0.3) is 11.3 Å². The Balaban J connectivity index is 1.43. The number of nitrogens with one attached hydrogen (secondary N) is 1. The molecule has 3 aromatic rings. The number of aliphatic hydroxyl groups is 1. The Morgan fingerprint density at radius 1 is 1.25 bits per heavy atom. The van der Waals surface area contributed by atoms with Crippen molar-refractivity contribution in [3.05, 3.63) is 70.6 Å². The second-order valence-corrected chi connectivity index (χ2v) is 10.3. The average Bonchev–Trinajstić information content (AvgIpc) is 3.27. The van der Waals surface area contributed by atoms with E-state index in [9.17, 15) is 9.90 Å². The number of hydrogen-bond acceptors (Lipinski definition) is 5. The summed E-state index contributed by atoms with van der Waals surface area (Å²) in [7, 11) is 0. The zero-order valence-electron chi connectivity index (χ0n) is 21.3. The average molecular weight is 512 g/mol. The van der Waals surface area contributed by atoms with Crippen molar-refractivity contribution in [3.63, 3.8) is 0 Å². The van der Waals surface area contributed by atoms with Crippen LogP contribution in [-0.2, 0) is 23.3 Å². The molecule has 0 spiro atoms. The van der Waals surface area contributed by atoms with E-state index in [2.05, 4.69) is 9.88 Å². The molecule has 0 radical (unpaired) electrons. The summed E-state index contributed by atoms with van der Waals surface area (Å²) in [6, 6.07) is 13.0. The van der Waals surface area contributed by atoms with Gasteiger partial charge in [-0.05, 0) is 64.3 Å². The topological polar surface area (TPSA) is 85.6 Å². The molecule has 0 saturated heterocycles. The number of carbonyl (C=O) groups excluding carboxylic acids is 1. The summed E-state index contributed by atoms with van der Waals surface area (Å²) >= 11 is 6.30. The van der Waals surface area contributed by atoms with Gasteiger partial charge in [0, 0.05) is 36.4 Å². The van der Waals surface area contributed by atoms with E-state index in [0.717, 1.165) is 29.1 Å². The van der Waals surface area contributed by atoms with E-state index in [4.69, 9.17) is 26.1 Å². The lowest BCUT2D eigenvalue weighted by Gasteiger charge is -2.32. The molecular formula is C28H34ClN3O4. The van der Waals surface area contributed by atoms with Crippen molar-refractivity contribution in [2.75, 3.05) is 13.2 Å². The highest BCUT2D eigenvalue weighted by Crippen LogP contribution is 2.29. The van der Waals surface area contributed by atoms with Gasteiger partial charge in [-0.2, -0.15) is 0 Å². The maximum atomic E-state index is 12.9. The number of imidazole rings is 1. The minimum atomic E-state index is -0.402. The molecule has 1 aliphatic rings. The van der Waals surface area contributed by atoms with Crippen molar-refractivity contribution in [2.24, 2.45) is 0 Å². The van der Waals surface area contributed by atoms with Gasteiger partial charge in [-0.1, -0.05) is 35.9 Å². The number of rotatable bonds is 9. The van der Waals surface area contributed by atoms with Gasteiger partial charge in [0.1, 0.15) is 17.3 Å². The van der Waals surface area contributed by atoms with Crippen LogP contribution >= 0.6 is 11.6 Å². The second-order valence-electron chi connectivity index (χ2n) is 9.85. The molecule has 0 saturated carbocycles. The lowest BCUT2D eigenvalue weighted by Crippen LogP contribution is -2.37. The first-order valence-electron chi connectivity index (χ1n) is 12.4. The summed E-state index contributed by atoms with van der Waals surface area (Å²) in [6.07, 6.45) is 3.86. The van der Waals surface area contributed by atoms with Crippen molar-refractivity contribution < 1.29 is 19.4 Å². The van der Waals surface area contributed by atoms with Gasteiger partial charge < -0.3 is 24.5 Å². The maximum Gasteiger partial charge on any atom is 0.251 e. The molecule has 2 aromatic carbocycles. The fourth-order valence-corrected chi connectivity index (χ4v) is 4.62. The Kier molecular flexibility index (Phi) is 8.03. The fraction of sp³-hybridized carbons (Fsp3) is 0.429. The number of benzene rings is 2. The van der Waals surface area contributed by atoms with Gasteiger partial charge >= 0.3 is 0 Å². The Bertz CT molecular complexity index is 1200. The summed E-state index contributed by atoms with van der Waals surface area (Å²) in [5, 5.41) is 13.0. The summed E-state index contributed by atoms with van der Waals surface area (Å²) < 4.78 is 13.6. The summed E-state index contributed by atoms with van der Waals surface area (Å²) in [5.74, 6) is 1.33. The monoisotopic (exact) mass is 511 g/mol. The van der Waals surface area contributed by atoms with Gasteiger partial charge in [0.2, 0.25) is 0 Å². The molecule has 1 aromatic heterocycles. The predicted octanol–water partition coefficient (Wildman–Crippen LogP) is 4.98. The number of carbonyl (C=O) groups is 1. The van der Waals surface area contributed by atoms with Gasteiger partial charge in [0.15, 0.2) is 0 Å². The number of aromatic nitrogens is 2. The Hall–Kier alpha value is -2.87. The lowest BCUT2D eigenvalue weighted by atomic mass is 10.0. The third-order valence-corrected chi connectivity index (χ3v) is 6.54. The van der Waals surface area contributed by atoms with E-state index >= 15 is 0 Å². The van der Waals surface area contributed by atoms with Crippen molar-refractivity contribution in [1.82, 2.24) is 14.9 Å². The molecule has 36 heavy (non-hydrogen) atoms. The van der Waals surface area contributed by atoms with Crippen LogP contribution in [0.15, 0.2) is 48.7 Å². The number of amides is 1. The first-order valence-corrected chi connectivity index (χ1v) is 12.7. The molecule has 1 amide bonds. The number of aliphatic hydroxyl groups excluding tert-OH is 1. The Morgan fingerprint density at radius 2 is 2.00 bits per heavy atom. The Labute approximate surface area is 217 Å². The molecule has 0 aliphatic carbocycles. The van der Waals surface area contributed by atoms with Crippen molar-refractivity contribution >= 4 is 17.5 Å². The van der Waals surface area contributed by atoms with Gasteiger partial charge in [-0.25, -0.2) is 4.98 Å². The molecule has 1 atom stereocenters. The Morgan fingerprint density at radius 3 is 2.64 bits per heavy atom. The molecule has 2 N–H and O–H groups in total. The standard InChI is InChI=1S/C28H34ClN3O4/c1-18(2)36-25-10-9-21(16-23(25)29)27(34)30-22(11-13-33)15-19-5-7-20(8-6-19)24-17-32-26(31-24)12-14-35-28(32,3)4/h5-10,16-18,22,33H,11-15H2,1-4H3,(H,30,34). The molecule has 8 heteroatoms. The van der Waals surface area contributed by atoms with E-state index < -0.39 is 5.72 Å². The molecule has 1 unspecified atom stereocenters. The van der Waals surface area contributed by atoms with Crippen LogP contribution in [0.2, 0.25) is 5.02 Å². The molecule has 2 heterocycles. The summed E-state index contributed by atoms with van der Waals surface area (Å²) in [4.78, 5) is 17.7. The zero-order valence-corrected chi connectivity index (χ0v) is 22.0. The second kappa shape index (κ2) is 11.0. The summed E-state index contributed by atoms with van der Waals surface area (Å²) in [5.41, 5.74) is 3.05. The number of fused-ring (bicyclic) bond motifs is 1. The van der Waals surface area contributed by atoms with Gasteiger partial charge in [-0.3, -0.25) is 4.79 Å². The molecular weight excluding hydrogens is 478 g/mol. The molecule has 4 rings (SSSR count). The number of ether oxygens (including phenoxy) is 2. The van der Waals surface area contributed by atoms with Crippen molar-refractivity contribution in [2.45, 2.75) is 64.8 Å². The zero-order chi connectivity index (χ0) is 25.9. The lowest BCUT2D eigenvalue weighted by molar-refractivity contribution is -0.0953. The van der Waals surface area contributed by atoms with Crippen LogP contribution in [0.4, 0.5) is 0 Å². The van der Waals surface area contributed by atoms with E-state index in [1.54, 1.807) is 18.2 Å². The largest absolute Gasteiger partial charge is 0.489 e. The minimum absolute atomic E-state index is 0.0117. The number of nitrogens with zero attached hydrogens (tertiary/aromatic N) is 2. The predicted molar refractivity (Wildman–Crippen MR) is 141 cm³/mol. The van der Waals surface area contributed by atoms with E-state index in [0.29, 0.717) is 35.8 Å². The summed E-state index contributed by atoms with van der Waals surface area (Å²) in [6.45, 7) is 8.57. The third kappa shape index (κ3) is 6.09. The van der Waals surface area contributed by atoms with E-state index in [-0.39, 0.29) is 24.7 Å². The third-order valence-electron chi connectivity index (χ3n) is 6.24. The molecule has 0 fully saturated rings. The normalized spacial score (nSPS) is 15.4. The minimum Gasteiger partial charge on any atom is -0.489 e. The SMILES string of the molecule is CC(C)Oc1ccc(C(=O)NC(CCO)Cc2ccc(-c3cn4c(n3)CCOC4(C)C)cc2)cc1Cl. The van der Waals surface area contributed by atoms with Crippen LogP contribution in [0.3, 0.4) is 0 Å². The van der Waals surface area contributed by atoms with Crippen LogP contribution in [0.5, 0.6) is 5.75 Å². The van der Waals surface area contributed by atoms with E-state index in [1.165, 1.54) is 0 Å².